The van der Waals surface area contributed by atoms with E-state index < -0.39 is 0 Å². The van der Waals surface area contributed by atoms with Crippen LogP contribution in [0, 0.1) is 0 Å². The van der Waals surface area contributed by atoms with Crippen molar-refractivity contribution in [3.05, 3.63) is 59.7 Å². The minimum atomic E-state index is -0.291. The van der Waals surface area contributed by atoms with Crippen LogP contribution in [0.25, 0.3) is 28.2 Å². The van der Waals surface area contributed by atoms with Gasteiger partial charge in [-0.2, -0.15) is 4.59 Å². The summed E-state index contributed by atoms with van der Waals surface area (Å²) in [4.78, 5) is 13.1. The summed E-state index contributed by atoms with van der Waals surface area (Å²) in [5.41, 5.74) is 6.34. The summed E-state index contributed by atoms with van der Waals surface area (Å²) >= 11 is 0. The van der Waals surface area contributed by atoms with Crippen LogP contribution in [0.5, 0.6) is 0 Å². The summed E-state index contributed by atoms with van der Waals surface area (Å²) < 4.78 is 5.85. The third-order valence-electron chi connectivity index (χ3n) is 6.26. The maximum absolute atomic E-state index is 13.1. The first-order valence-electron chi connectivity index (χ1n) is 12.3. The third-order valence-corrected chi connectivity index (χ3v) is 6.26. The zero-order chi connectivity index (χ0) is 24.8. The molecule has 0 spiro atoms. The molecule has 0 radical (unpaired) electrons. The molecule has 3 aromatic rings. The molecule has 8 nitrogen and oxygen atoms in total. The summed E-state index contributed by atoms with van der Waals surface area (Å²) in [5.74, 6) is 0.328. The number of quaternary nitrogens is 1. The zero-order valence-corrected chi connectivity index (χ0v) is 20.9. The molecule has 0 aliphatic carbocycles. The molecule has 0 fully saturated rings. The minimum Gasteiger partial charge on any atom is -0.462 e. The number of tetrazole rings is 1. The van der Waals surface area contributed by atoms with Crippen LogP contribution in [-0.4, -0.2) is 57.1 Å². The molecule has 0 saturated carbocycles. The lowest BCUT2D eigenvalue weighted by Crippen LogP contribution is -2.36. The molecule has 8 heteroatoms. The molecule has 1 atom stereocenters. The second kappa shape index (κ2) is 10.7. The van der Waals surface area contributed by atoms with Gasteiger partial charge in [0.2, 0.25) is 0 Å². The van der Waals surface area contributed by atoms with Crippen LogP contribution < -0.4 is 0 Å². The van der Waals surface area contributed by atoms with Gasteiger partial charge in [0.1, 0.15) is 12.3 Å². The Hall–Kier alpha value is -3.65. The maximum atomic E-state index is 13.1. The van der Waals surface area contributed by atoms with Crippen molar-refractivity contribution < 1.29 is 14.1 Å². The SMILES string of the molecule is CCCC[N+]1(C)N=C(CCC)C(C(=O)OCC)=C1c1ccc(-c2ccccc2-c2nnn[nH]2)cc1. The van der Waals surface area contributed by atoms with Gasteiger partial charge >= 0.3 is 5.97 Å². The predicted molar refractivity (Wildman–Crippen MR) is 137 cm³/mol. The molecule has 0 amide bonds. The first-order valence-corrected chi connectivity index (χ1v) is 12.3. The Balaban J connectivity index is 1.80. The number of aromatic amines is 1. The number of hydrogen-bond donors (Lipinski definition) is 1. The number of esters is 1. The lowest BCUT2D eigenvalue weighted by atomic mass is 9.95. The highest BCUT2D eigenvalue weighted by molar-refractivity contribution is 6.25. The van der Waals surface area contributed by atoms with E-state index in [0.717, 1.165) is 65.9 Å². The van der Waals surface area contributed by atoms with Crippen molar-refractivity contribution in [1.29, 1.82) is 0 Å². The van der Waals surface area contributed by atoms with E-state index in [9.17, 15) is 4.79 Å². The van der Waals surface area contributed by atoms with Crippen LogP contribution >= 0.6 is 0 Å². The van der Waals surface area contributed by atoms with Crippen molar-refractivity contribution in [3.63, 3.8) is 0 Å². The first-order chi connectivity index (χ1) is 17.0. The maximum Gasteiger partial charge on any atom is 0.346 e. The van der Waals surface area contributed by atoms with Crippen LogP contribution in [0.15, 0.2) is 59.2 Å². The van der Waals surface area contributed by atoms with Gasteiger partial charge in [0.05, 0.1) is 13.7 Å². The molecule has 1 aliphatic heterocycles. The van der Waals surface area contributed by atoms with E-state index in [4.69, 9.17) is 9.84 Å². The average molecular weight is 474 g/mol. The highest BCUT2D eigenvalue weighted by Crippen LogP contribution is 2.39. The molecule has 1 N–H and O–H groups in total. The predicted octanol–water partition coefficient (Wildman–Crippen LogP) is 5.22. The number of nitrogens with zero attached hydrogens (tertiary/aromatic N) is 5. The van der Waals surface area contributed by atoms with Crippen molar-refractivity contribution in [2.45, 2.75) is 46.5 Å². The Morgan fingerprint density at radius 2 is 1.69 bits per heavy atom. The van der Waals surface area contributed by atoms with Gasteiger partial charge in [-0.3, -0.25) is 0 Å². The molecule has 1 unspecified atom stereocenters. The largest absolute Gasteiger partial charge is 0.462 e. The standard InChI is InChI=1S/C27H32N6O2/c1-5-8-18-33(4)25(24(27(34)35-7-3)23(30-33)11-6-2)20-16-14-19(15-17-20)21-12-9-10-13-22(21)26-28-31-32-29-26/h9-10,12-17H,5-8,11,18H2,1-4H3/p+1. The zero-order valence-electron chi connectivity index (χ0n) is 20.9. The normalized spacial score (nSPS) is 17.5. The Bertz CT molecular complexity index is 1230. The van der Waals surface area contributed by atoms with Gasteiger partial charge in [-0.15, -0.1) is 5.10 Å². The molecular formula is C27H33N6O2+. The molecule has 35 heavy (non-hydrogen) atoms. The fraction of sp³-hybridized carbons (Fsp3) is 0.370. The summed E-state index contributed by atoms with van der Waals surface area (Å²) in [5, 5.41) is 19.4. The molecule has 1 aromatic heterocycles. The molecule has 182 valence electrons. The van der Waals surface area contributed by atoms with Gasteiger partial charge in [0, 0.05) is 11.1 Å². The van der Waals surface area contributed by atoms with E-state index in [1.165, 1.54) is 0 Å². The average Bonchev–Trinajstić information content (AvgIpc) is 3.50. The van der Waals surface area contributed by atoms with Crippen molar-refractivity contribution in [2.75, 3.05) is 20.2 Å². The Morgan fingerprint density at radius 3 is 2.31 bits per heavy atom. The molecule has 2 aromatic carbocycles. The number of rotatable bonds is 10. The molecule has 0 bridgehead atoms. The topological polar surface area (TPSA) is 93.1 Å². The van der Waals surface area contributed by atoms with Gasteiger partial charge < -0.3 is 4.74 Å². The molecule has 1 aliphatic rings. The van der Waals surface area contributed by atoms with Crippen molar-refractivity contribution in [2.24, 2.45) is 5.10 Å². The van der Waals surface area contributed by atoms with Crippen LogP contribution in [0.1, 0.15) is 52.0 Å². The molecule has 2 heterocycles. The second-order valence-corrected chi connectivity index (χ2v) is 8.83. The van der Waals surface area contributed by atoms with E-state index in [0.29, 0.717) is 22.6 Å². The van der Waals surface area contributed by atoms with Crippen LogP contribution in [0.2, 0.25) is 0 Å². The summed E-state index contributed by atoms with van der Waals surface area (Å²) in [6.07, 6.45) is 3.72. The quantitative estimate of drug-likeness (QED) is 0.322. The van der Waals surface area contributed by atoms with Crippen molar-refractivity contribution in [3.8, 4) is 22.5 Å². The number of aromatic nitrogens is 4. The number of carbonyl (C=O) groups is 1. The van der Waals surface area contributed by atoms with Gasteiger partial charge in [-0.05, 0) is 53.5 Å². The van der Waals surface area contributed by atoms with Crippen LogP contribution in [-0.2, 0) is 9.53 Å². The Morgan fingerprint density at radius 1 is 0.971 bits per heavy atom. The molecular weight excluding hydrogens is 440 g/mol. The summed E-state index contributed by atoms with van der Waals surface area (Å²) in [7, 11) is 2.09. The smallest absolute Gasteiger partial charge is 0.346 e. The fourth-order valence-corrected chi connectivity index (χ4v) is 4.65. The molecule has 4 rings (SSSR count). The van der Waals surface area contributed by atoms with E-state index in [1.807, 2.05) is 25.1 Å². The van der Waals surface area contributed by atoms with Gasteiger partial charge in [0.25, 0.3) is 0 Å². The summed E-state index contributed by atoms with van der Waals surface area (Å²) in [6.45, 7) is 7.27. The lowest BCUT2D eigenvalue weighted by Gasteiger charge is -2.27. The summed E-state index contributed by atoms with van der Waals surface area (Å²) in [6, 6.07) is 16.3. The number of unbranched alkanes of at least 4 members (excludes halogenated alkanes) is 1. The minimum absolute atomic E-state index is 0.291. The Kier molecular flexibility index (Phi) is 7.51. The van der Waals surface area contributed by atoms with Crippen molar-refractivity contribution in [1.82, 2.24) is 20.6 Å². The molecule has 0 saturated heterocycles. The van der Waals surface area contributed by atoms with Crippen molar-refractivity contribution >= 4 is 17.4 Å². The highest BCUT2D eigenvalue weighted by atomic mass is 16.5. The number of ether oxygens (including phenoxy) is 1. The van der Waals surface area contributed by atoms with E-state index in [1.54, 1.807) is 0 Å². The lowest BCUT2D eigenvalue weighted by molar-refractivity contribution is -0.844. The van der Waals surface area contributed by atoms with Gasteiger partial charge in [-0.1, -0.05) is 68.2 Å². The monoisotopic (exact) mass is 473 g/mol. The Labute approximate surface area is 206 Å². The van der Waals surface area contributed by atoms with Crippen LogP contribution in [0.3, 0.4) is 0 Å². The fourth-order valence-electron chi connectivity index (χ4n) is 4.65. The third kappa shape index (κ3) is 4.93. The second-order valence-electron chi connectivity index (χ2n) is 8.83. The number of hydrogen-bond acceptors (Lipinski definition) is 6. The number of benzene rings is 2. The van der Waals surface area contributed by atoms with Gasteiger partial charge in [-0.25, -0.2) is 9.89 Å². The van der Waals surface area contributed by atoms with Crippen LogP contribution in [0.4, 0.5) is 0 Å². The number of nitrogens with one attached hydrogen (secondary N) is 1. The first kappa shape index (κ1) is 24.5. The van der Waals surface area contributed by atoms with Gasteiger partial charge in [0.15, 0.2) is 17.1 Å². The highest BCUT2D eigenvalue weighted by Gasteiger charge is 2.43. The van der Waals surface area contributed by atoms with E-state index in [-0.39, 0.29) is 5.97 Å². The number of carbonyl (C=O) groups excluding carboxylic acids is 1. The van der Waals surface area contributed by atoms with E-state index in [2.05, 4.69) is 71.9 Å². The van der Waals surface area contributed by atoms with E-state index >= 15 is 0 Å². The number of H-pyrrole nitrogens is 1.